The molecule has 0 aliphatic heterocycles. The summed E-state index contributed by atoms with van der Waals surface area (Å²) in [5, 5.41) is 12.1. The van der Waals surface area contributed by atoms with Crippen LogP contribution < -0.4 is 0 Å². The molecule has 1 atom stereocenters. The molecule has 14 heavy (non-hydrogen) atoms. The lowest BCUT2D eigenvalue weighted by atomic mass is 10.2. The van der Waals surface area contributed by atoms with Gasteiger partial charge < -0.3 is 15.0 Å². The number of carbonyl (C=O) groups is 1. The van der Waals surface area contributed by atoms with Gasteiger partial charge in [0.1, 0.15) is 5.78 Å². The van der Waals surface area contributed by atoms with Crippen LogP contribution in [-0.2, 0) is 9.53 Å². The molecule has 0 aromatic carbocycles. The highest BCUT2D eigenvalue weighted by Crippen LogP contribution is 2.01. The first-order valence-corrected chi connectivity index (χ1v) is 5.07. The second-order valence-corrected chi connectivity index (χ2v) is 3.56. The second-order valence-electron chi connectivity index (χ2n) is 3.56. The molecule has 0 radical (unpaired) electrons. The molecule has 4 heteroatoms. The summed E-state index contributed by atoms with van der Waals surface area (Å²) in [6, 6.07) is -0.546. The maximum atomic E-state index is 11.3. The highest BCUT2D eigenvalue weighted by Gasteiger charge is 2.11. The molecule has 0 aliphatic carbocycles. The third-order valence-corrected chi connectivity index (χ3v) is 2.01. The first kappa shape index (κ1) is 13.5. The molecule has 84 valence electrons. The van der Waals surface area contributed by atoms with Gasteiger partial charge in [0, 0.05) is 13.0 Å². The fourth-order valence-electron chi connectivity index (χ4n) is 1.03. The van der Waals surface area contributed by atoms with Crippen molar-refractivity contribution in [2.24, 2.45) is 0 Å². The van der Waals surface area contributed by atoms with Gasteiger partial charge in [-0.3, -0.25) is 4.79 Å². The maximum Gasteiger partial charge on any atom is 0.148 e. The van der Waals surface area contributed by atoms with E-state index in [1.807, 2.05) is 13.8 Å². The number of hydrogen-bond acceptors (Lipinski definition) is 4. The van der Waals surface area contributed by atoms with Crippen LogP contribution in [0, 0.1) is 5.21 Å². The molecule has 0 spiro atoms. The Labute approximate surface area is 85.8 Å². The number of nitrogens with zero attached hydrogens (tertiary/aromatic N) is 1. The number of carbonyl (C=O) groups excluding carboxylic acids is 1. The molecule has 0 rings (SSSR count). The van der Waals surface area contributed by atoms with Gasteiger partial charge in [0.25, 0.3) is 0 Å². The summed E-state index contributed by atoms with van der Waals surface area (Å²) >= 11 is 0. The van der Waals surface area contributed by atoms with Gasteiger partial charge in [-0.25, -0.2) is 0 Å². The minimum Gasteiger partial charge on any atom is -0.785 e. The van der Waals surface area contributed by atoms with Crippen molar-refractivity contribution in [2.45, 2.75) is 46.3 Å². The molecule has 4 nitrogen and oxygen atoms in total. The van der Waals surface area contributed by atoms with Gasteiger partial charge in [-0.15, -0.1) is 0 Å². The molecular weight excluding hydrogens is 182 g/mol. The van der Waals surface area contributed by atoms with Gasteiger partial charge in [-0.05, 0) is 20.8 Å². The van der Waals surface area contributed by atoms with Crippen LogP contribution in [-0.4, -0.2) is 36.1 Å². The number of ether oxygens (including phenoxy) is 1. The Hall–Kier alpha value is -0.450. The van der Waals surface area contributed by atoms with E-state index in [0.717, 1.165) is 5.06 Å². The molecule has 1 unspecified atom stereocenters. The first-order chi connectivity index (χ1) is 6.49. The van der Waals surface area contributed by atoms with Crippen LogP contribution in [0.3, 0.4) is 0 Å². The average Bonchev–Trinajstić information content (AvgIpc) is 2.14. The molecule has 0 amide bonds. The lowest BCUT2D eigenvalue weighted by Crippen LogP contribution is -2.36. The van der Waals surface area contributed by atoms with E-state index in [1.54, 1.807) is 13.8 Å². The third kappa shape index (κ3) is 5.32. The first-order valence-electron chi connectivity index (χ1n) is 5.07. The Morgan fingerprint density at radius 1 is 1.43 bits per heavy atom. The summed E-state index contributed by atoms with van der Waals surface area (Å²) in [5.74, 6) is -0.0236. The van der Waals surface area contributed by atoms with Crippen LogP contribution in [0.4, 0.5) is 0 Å². The number of hydrogen-bond donors (Lipinski definition) is 0. The molecule has 0 saturated carbocycles. The molecule has 0 N–H and O–H groups in total. The Kier molecular flexibility index (Phi) is 6.70. The molecule has 0 heterocycles. The third-order valence-electron chi connectivity index (χ3n) is 2.01. The zero-order valence-corrected chi connectivity index (χ0v) is 9.45. The summed E-state index contributed by atoms with van der Waals surface area (Å²) in [5.41, 5.74) is 0. The van der Waals surface area contributed by atoms with E-state index in [9.17, 15) is 10.0 Å². The highest BCUT2D eigenvalue weighted by molar-refractivity contribution is 5.83. The van der Waals surface area contributed by atoms with Crippen LogP contribution in [0.1, 0.15) is 34.1 Å². The number of hydroxylamine groups is 2. The highest BCUT2D eigenvalue weighted by atomic mass is 16.5. The van der Waals surface area contributed by atoms with Crippen molar-refractivity contribution in [2.75, 3.05) is 13.2 Å². The summed E-state index contributed by atoms with van der Waals surface area (Å²) < 4.78 is 5.22. The number of rotatable bonds is 7. The van der Waals surface area contributed by atoms with Gasteiger partial charge >= 0.3 is 0 Å². The summed E-state index contributed by atoms with van der Waals surface area (Å²) in [6.45, 7) is 7.85. The maximum absolute atomic E-state index is 11.3. The van der Waals surface area contributed by atoms with Crippen LogP contribution >= 0.6 is 0 Å². The summed E-state index contributed by atoms with van der Waals surface area (Å²) in [4.78, 5) is 11.2. The van der Waals surface area contributed by atoms with Crippen molar-refractivity contribution in [1.29, 1.82) is 0 Å². The van der Waals surface area contributed by atoms with E-state index in [2.05, 4.69) is 0 Å². The summed E-state index contributed by atoms with van der Waals surface area (Å²) in [6.07, 6.45) is 0.533. The SMILES string of the molecule is CCC(=O)C(C)N([O-])CCOC(C)C. The average molecular weight is 202 g/mol. The van der Waals surface area contributed by atoms with Crippen molar-refractivity contribution in [1.82, 2.24) is 5.06 Å². The quantitative estimate of drug-likeness (QED) is 0.588. The number of ketones is 1. The lowest BCUT2D eigenvalue weighted by molar-refractivity contribution is -0.122. The fraction of sp³-hybridized carbons (Fsp3) is 0.900. The van der Waals surface area contributed by atoms with Gasteiger partial charge in [0.2, 0.25) is 0 Å². The van der Waals surface area contributed by atoms with E-state index < -0.39 is 6.04 Å². The zero-order valence-electron chi connectivity index (χ0n) is 9.45. The van der Waals surface area contributed by atoms with Crippen LogP contribution in [0.15, 0.2) is 0 Å². The van der Waals surface area contributed by atoms with Gasteiger partial charge in [0.05, 0.1) is 18.8 Å². The topological polar surface area (TPSA) is 52.6 Å². The van der Waals surface area contributed by atoms with E-state index in [4.69, 9.17) is 4.74 Å². The second kappa shape index (κ2) is 6.92. The van der Waals surface area contributed by atoms with Crippen molar-refractivity contribution >= 4 is 5.78 Å². The molecule has 0 aliphatic rings. The molecular formula is C10H20NO3-. The van der Waals surface area contributed by atoms with E-state index >= 15 is 0 Å². The smallest absolute Gasteiger partial charge is 0.148 e. The van der Waals surface area contributed by atoms with Crippen LogP contribution in [0.25, 0.3) is 0 Å². The zero-order chi connectivity index (χ0) is 11.1. The predicted octanol–water partition coefficient (Wildman–Crippen LogP) is 1.58. The summed E-state index contributed by atoms with van der Waals surface area (Å²) in [7, 11) is 0. The fourth-order valence-corrected chi connectivity index (χ4v) is 1.03. The van der Waals surface area contributed by atoms with Gasteiger partial charge in [-0.1, -0.05) is 6.92 Å². The van der Waals surface area contributed by atoms with Gasteiger partial charge in [0.15, 0.2) is 0 Å². The van der Waals surface area contributed by atoms with Crippen molar-refractivity contribution in [3.8, 4) is 0 Å². The minimum atomic E-state index is -0.546. The van der Waals surface area contributed by atoms with E-state index in [1.165, 1.54) is 0 Å². The predicted molar refractivity (Wildman–Crippen MR) is 55.9 cm³/mol. The van der Waals surface area contributed by atoms with E-state index in [-0.39, 0.29) is 18.4 Å². The van der Waals surface area contributed by atoms with Crippen molar-refractivity contribution in [3.63, 3.8) is 0 Å². The van der Waals surface area contributed by atoms with Crippen LogP contribution in [0.2, 0.25) is 0 Å². The molecule has 0 saturated heterocycles. The number of Topliss-reactive ketones (excluding diaryl/α,β-unsaturated/α-hetero) is 1. The normalized spacial score (nSPS) is 13.6. The molecule has 0 bridgehead atoms. The standard InChI is InChI=1S/C10H20NO3/c1-5-10(12)9(4)11(13)6-7-14-8(2)3/h8-9H,5-7H2,1-4H3/q-1. The lowest BCUT2D eigenvalue weighted by Gasteiger charge is -2.33. The Balaban J connectivity index is 3.72. The molecule has 0 aromatic rings. The molecule has 0 fully saturated rings. The van der Waals surface area contributed by atoms with Gasteiger partial charge in [-0.2, -0.15) is 0 Å². The van der Waals surface area contributed by atoms with Crippen molar-refractivity contribution < 1.29 is 9.53 Å². The largest absolute Gasteiger partial charge is 0.785 e. The van der Waals surface area contributed by atoms with Crippen LogP contribution in [0.5, 0.6) is 0 Å². The molecule has 0 aromatic heterocycles. The Morgan fingerprint density at radius 3 is 2.43 bits per heavy atom. The van der Waals surface area contributed by atoms with E-state index in [0.29, 0.717) is 13.0 Å². The minimum absolute atomic E-state index is 0.0236. The van der Waals surface area contributed by atoms with Crippen molar-refractivity contribution in [3.05, 3.63) is 5.21 Å². The monoisotopic (exact) mass is 202 g/mol. The Bertz CT molecular complexity index is 171. The Morgan fingerprint density at radius 2 is 2.00 bits per heavy atom.